The van der Waals surface area contributed by atoms with Crippen LogP contribution in [0.1, 0.15) is 35.2 Å². The van der Waals surface area contributed by atoms with Crippen LogP contribution in [-0.4, -0.2) is 49.1 Å². The van der Waals surface area contributed by atoms with Gasteiger partial charge in [0, 0.05) is 24.8 Å². The molecule has 11 nitrogen and oxygen atoms in total. The monoisotopic (exact) mass is 547 g/mol. The van der Waals surface area contributed by atoms with Gasteiger partial charge in [-0.1, -0.05) is 6.07 Å². The number of benzene rings is 1. The summed E-state index contributed by atoms with van der Waals surface area (Å²) in [5.41, 5.74) is 6.00. The van der Waals surface area contributed by atoms with Crippen LogP contribution >= 0.6 is 0 Å². The van der Waals surface area contributed by atoms with E-state index in [1.165, 1.54) is 30.5 Å². The molecule has 1 saturated heterocycles. The number of ether oxygens (including phenoxy) is 3. The smallest absolute Gasteiger partial charge is 0.252 e. The zero-order valence-corrected chi connectivity index (χ0v) is 21.6. The Morgan fingerprint density at radius 3 is 2.77 bits per heavy atom. The Kier molecular flexibility index (Phi) is 7.44. The summed E-state index contributed by atoms with van der Waals surface area (Å²) in [4.78, 5) is 23.0. The van der Waals surface area contributed by atoms with Crippen LogP contribution in [0.3, 0.4) is 0 Å². The van der Waals surface area contributed by atoms with E-state index in [1.807, 2.05) is 6.07 Å². The van der Waals surface area contributed by atoms with E-state index in [0.717, 1.165) is 44.1 Å². The second-order valence-corrected chi connectivity index (χ2v) is 10.9. The van der Waals surface area contributed by atoms with Crippen molar-refractivity contribution in [3.8, 4) is 23.4 Å². The number of aromatic amines is 1. The van der Waals surface area contributed by atoms with Crippen molar-refractivity contribution in [3.63, 3.8) is 0 Å². The van der Waals surface area contributed by atoms with Gasteiger partial charge < -0.3 is 24.9 Å². The number of carbonyl (C=O) groups is 1. The van der Waals surface area contributed by atoms with Gasteiger partial charge in [-0.25, -0.2) is 18.4 Å². The lowest BCUT2D eigenvalue weighted by Gasteiger charge is -2.21. The fraction of sp³-hybridized carbons (Fsp3) is 0.259. The van der Waals surface area contributed by atoms with Gasteiger partial charge in [0.1, 0.15) is 27.9 Å². The molecule has 1 amide bonds. The maximum Gasteiger partial charge on any atom is 0.252 e. The van der Waals surface area contributed by atoms with Crippen molar-refractivity contribution in [1.82, 2.24) is 15.0 Å². The molecular weight excluding hydrogens is 522 g/mol. The summed E-state index contributed by atoms with van der Waals surface area (Å²) in [5, 5.41) is 10.4. The van der Waals surface area contributed by atoms with E-state index in [4.69, 9.17) is 19.9 Å². The predicted molar refractivity (Wildman–Crippen MR) is 139 cm³/mol. The Hall–Kier alpha value is -4.47. The van der Waals surface area contributed by atoms with Gasteiger partial charge in [-0.3, -0.25) is 4.79 Å². The number of nitrogens with zero attached hydrogens (tertiary/aromatic N) is 3. The van der Waals surface area contributed by atoms with Crippen molar-refractivity contribution in [2.75, 3.05) is 19.8 Å². The van der Waals surface area contributed by atoms with Crippen LogP contribution in [0.2, 0.25) is 0 Å². The third-order valence-electron chi connectivity index (χ3n) is 6.49. The summed E-state index contributed by atoms with van der Waals surface area (Å²) in [6, 6.07) is 10.6. The van der Waals surface area contributed by atoms with E-state index >= 15 is 0 Å². The number of hydrogen-bond acceptors (Lipinski definition) is 9. The van der Waals surface area contributed by atoms with Gasteiger partial charge in [-0.2, -0.15) is 5.26 Å². The molecule has 1 fully saturated rings. The van der Waals surface area contributed by atoms with Gasteiger partial charge in [0.25, 0.3) is 5.91 Å². The highest BCUT2D eigenvalue weighted by Crippen LogP contribution is 2.36. The number of sulfone groups is 1. The first-order chi connectivity index (χ1) is 18.9. The highest BCUT2D eigenvalue weighted by molar-refractivity contribution is 7.91. The second-order valence-electron chi connectivity index (χ2n) is 9.02. The van der Waals surface area contributed by atoms with E-state index in [9.17, 15) is 18.5 Å². The minimum absolute atomic E-state index is 0.0290. The number of hydrogen-bond donors (Lipinski definition) is 2. The van der Waals surface area contributed by atoms with Crippen LogP contribution in [-0.2, 0) is 14.6 Å². The highest BCUT2D eigenvalue weighted by Gasteiger charge is 2.28. The first-order valence-corrected chi connectivity index (χ1v) is 13.7. The Morgan fingerprint density at radius 2 is 2.00 bits per heavy atom. The quantitative estimate of drug-likeness (QED) is 0.317. The summed E-state index contributed by atoms with van der Waals surface area (Å²) < 4.78 is 44.5. The molecule has 0 spiro atoms. The van der Waals surface area contributed by atoms with Crippen LogP contribution < -0.4 is 15.2 Å². The number of rotatable bonds is 9. The number of pyridine rings is 2. The molecule has 200 valence electrons. The lowest BCUT2D eigenvalue weighted by atomic mass is 9.97. The van der Waals surface area contributed by atoms with Crippen LogP contribution in [0, 0.1) is 17.2 Å². The van der Waals surface area contributed by atoms with Crippen molar-refractivity contribution in [3.05, 3.63) is 66.1 Å². The normalized spacial score (nSPS) is 14.1. The lowest BCUT2D eigenvalue weighted by molar-refractivity contribution is 0.0591. The first kappa shape index (κ1) is 26.1. The largest absolute Gasteiger partial charge is 0.477 e. The molecule has 1 aliphatic heterocycles. The summed E-state index contributed by atoms with van der Waals surface area (Å²) in [7, 11) is -4.31. The Bertz CT molecular complexity index is 1670. The van der Waals surface area contributed by atoms with Crippen LogP contribution in [0.25, 0.3) is 11.0 Å². The van der Waals surface area contributed by atoms with Crippen LogP contribution in [0.5, 0.6) is 17.4 Å². The SMILES string of the molecule is N#Cc1cc(S(=O)(=O)c2cccc(C(N)=O)c2Oc2cnc3[nH]ccc3c2)cnc1OCCC1CCOCC1. The summed E-state index contributed by atoms with van der Waals surface area (Å²) >= 11 is 0. The summed E-state index contributed by atoms with van der Waals surface area (Å²) in [6.07, 6.45) is 6.89. The van der Waals surface area contributed by atoms with E-state index in [2.05, 4.69) is 15.0 Å². The zero-order valence-electron chi connectivity index (χ0n) is 20.8. The molecule has 0 bridgehead atoms. The third-order valence-corrected chi connectivity index (χ3v) is 8.24. The third kappa shape index (κ3) is 5.55. The number of carbonyl (C=O) groups excluding carboxylic acids is 1. The fourth-order valence-corrected chi connectivity index (χ4v) is 5.75. The van der Waals surface area contributed by atoms with Crippen LogP contribution in [0.15, 0.2) is 64.8 Å². The predicted octanol–water partition coefficient (Wildman–Crippen LogP) is 3.75. The number of nitrogens with one attached hydrogen (secondary N) is 1. The van der Waals surface area contributed by atoms with E-state index < -0.39 is 15.7 Å². The van der Waals surface area contributed by atoms with Gasteiger partial charge in [-0.05, 0) is 55.5 Å². The molecule has 4 aromatic rings. The number of para-hydroxylation sites is 1. The molecule has 0 atom stereocenters. The van der Waals surface area contributed by atoms with E-state index in [1.54, 1.807) is 18.3 Å². The number of primary amides is 1. The number of nitrogens with two attached hydrogens (primary N) is 1. The number of H-pyrrole nitrogens is 1. The molecule has 4 heterocycles. The maximum absolute atomic E-state index is 13.7. The number of fused-ring (bicyclic) bond motifs is 1. The van der Waals surface area contributed by atoms with Gasteiger partial charge in [0.15, 0.2) is 5.75 Å². The van der Waals surface area contributed by atoms with Crippen LogP contribution in [0.4, 0.5) is 0 Å². The molecule has 0 radical (unpaired) electrons. The van der Waals surface area contributed by atoms with Gasteiger partial charge in [0.05, 0.1) is 29.5 Å². The molecule has 3 N–H and O–H groups in total. The molecular formula is C27H25N5O6S. The fourth-order valence-electron chi connectivity index (χ4n) is 4.38. The summed E-state index contributed by atoms with van der Waals surface area (Å²) in [5.74, 6) is -0.403. The standard InChI is InChI=1S/C27H25N5O6S/c28-14-19-13-21(16-32-27(19)37-11-7-17-5-9-36-10-6-17)39(34,35)23-3-1-2-22(25(29)33)24(23)38-20-12-18-4-8-30-26(18)31-15-20/h1-4,8,12-13,15-17H,5-7,9-11H2,(H2,29,33)(H,30,31). The van der Waals surface area contributed by atoms with Gasteiger partial charge >= 0.3 is 0 Å². The average molecular weight is 548 g/mol. The highest BCUT2D eigenvalue weighted by atomic mass is 32.2. The average Bonchev–Trinajstić information content (AvgIpc) is 3.41. The number of amides is 1. The Labute approximate surface area is 224 Å². The lowest BCUT2D eigenvalue weighted by Crippen LogP contribution is -2.18. The molecule has 0 saturated carbocycles. The minimum atomic E-state index is -4.31. The number of aromatic nitrogens is 3. The van der Waals surface area contributed by atoms with E-state index in [-0.39, 0.29) is 38.3 Å². The van der Waals surface area contributed by atoms with Crippen molar-refractivity contribution < 1.29 is 27.4 Å². The van der Waals surface area contributed by atoms with Crippen molar-refractivity contribution in [1.29, 1.82) is 5.26 Å². The molecule has 1 aromatic carbocycles. The molecule has 39 heavy (non-hydrogen) atoms. The van der Waals surface area contributed by atoms with Crippen molar-refractivity contribution in [2.24, 2.45) is 11.7 Å². The molecule has 5 rings (SSSR count). The first-order valence-electron chi connectivity index (χ1n) is 12.3. The number of nitriles is 1. The molecule has 1 aliphatic rings. The topological polar surface area (TPSA) is 170 Å². The minimum Gasteiger partial charge on any atom is -0.477 e. The second kappa shape index (κ2) is 11.1. The van der Waals surface area contributed by atoms with Gasteiger partial charge in [0.2, 0.25) is 15.7 Å². The Balaban J connectivity index is 1.45. The molecule has 12 heteroatoms. The maximum atomic E-state index is 13.7. The molecule has 0 aliphatic carbocycles. The Morgan fingerprint density at radius 1 is 1.18 bits per heavy atom. The summed E-state index contributed by atoms with van der Waals surface area (Å²) in [6.45, 7) is 1.79. The van der Waals surface area contributed by atoms with Crippen molar-refractivity contribution in [2.45, 2.75) is 29.1 Å². The van der Waals surface area contributed by atoms with Gasteiger partial charge in [-0.15, -0.1) is 0 Å². The van der Waals surface area contributed by atoms with E-state index in [0.29, 0.717) is 18.2 Å². The van der Waals surface area contributed by atoms with Crippen molar-refractivity contribution >= 4 is 26.8 Å². The molecule has 0 unspecified atom stereocenters. The molecule has 3 aromatic heterocycles. The zero-order chi connectivity index (χ0) is 27.4.